The zero-order chi connectivity index (χ0) is 14.2. The van der Waals surface area contributed by atoms with Gasteiger partial charge in [-0.15, -0.1) is 0 Å². The van der Waals surface area contributed by atoms with E-state index in [9.17, 15) is 10.1 Å². The fraction of sp³-hybridized carbons (Fsp3) is 0.429. The van der Waals surface area contributed by atoms with Crippen molar-refractivity contribution in [3.63, 3.8) is 0 Å². The van der Waals surface area contributed by atoms with Crippen molar-refractivity contribution in [2.24, 2.45) is 5.41 Å². The number of H-pyrrole nitrogens is 1. The van der Waals surface area contributed by atoms with Gasteiger partial charge in [-0.2, -0.15) is 5.26 Å². The van der Waals surface area contributed by atoms with Crippen LogP contribution in [0.2, 0.25) is 0 Å². The number of nitrogens with zero attached hydrogens (tertiary/aromatic N) is 2. The van der Waals surface area contributed by atoms with E-state index in [0.29, 0.717) is 11.1 Å². The van der Waals surface area contributed by atoms with Gasteiger partial charge in [-0.3, -0.25) is 4.98 Å². The van der Waals surface area contributed by atoms with Crippen LogP contribution in [0.1, 0.15) is 25.5 Å². The van der Waals surface area contributed by atoms with Crippen molar-refractivity contribution < 1.29 is 4.42 Å². The maximum absolute atomic E-state index is 11.2. The van der Waals surface area contributed by atoms with Gasteiger partial charge in [-0.05, 0) is 45.6 Å². The lowest BCUT2D eigenvalue weighted by atomic mass is 9.81. The molecule has 2 rings (SSSR count). The second-order valence-electron chi connectivity index (χ2n) is 5.47. The van der Waals surface area contributed by atoms with E-state index in [2.05, 4.69) is 11.1 Å². The van der Waals surface area contributed by atoms with Crippen LogP contribution in [0.3, 0.4) is 0 Å². The third kappa shape index (κ3) is 2.40. The fourth-order valence-electron chi connectivity index (χ4n) is 2.56. The van der Waals surface area contributed by atoms with E-state index >= 15 is 0 Å². The van der Waals surface area contributed by atoms with Crippen molar-refractivity contribution >= 4 is 11.1 Å². The standard InChI is InChI=1S/C14H17N3O2/c1-14(2,8-15)12(17(3)4)9-5-6-11-10(7-9)16-13(18)19-11/h5-7,12H,1-4H3,(H,16,18). The van der Waals surface area contributed by atoms with E-state index < -0.39 is 11.2 Å². The number of nitrogens with one attached hydrogen (secondary N) is 1. The minimum Gasteiger partial charge on any atom is -0.408 e. The molecule has 0 amide bonds. The van der Waals surface area contributed by atoms with E-state index in [1.54, 1.807) is 6.07 Å². The molecule has 0 fully saturated rings. The fourth-order valence-corrected chi connectivity index (χ4v) is 2.56. The van der Waals surface area contributed by atoms with Crippen LogP contribution in [0.5, 0.6) is 0 Å². The van der Waals surface area contributed by atoms with Crippen LogP contribution in [-0.2, 0) is 0 Å². The Hall–Kier alpha value is -2.06. The number of nitriles is 1. The van der Waals surface area contributed by atoms with E-state index in [1.165, 1.54) is 0 Å². The highest BCUT2D eigenvalue weighted by atomic mass is 16.4. The van der Waals surface area contributed by atoms with Gasteiger partial charge in [-0.1, -0.05) is 6.07 Å². The number of hydrogen-bond acceptors (Lipinski definition) is 4. The Kier molecular flexibility index (Phi) is 3.21. The zero-order valence-corrected chi connectivity index (χ0v) is 11.5. The smallest absolute Gasteiger partial charge is 0.408 e. The van der Waals surface area contributed by atoms with Crippen LogP contribution in [0, 0.1) is 16.7 Å². The molecule has 1 heterocycles. The first-order valence-electron chi connectivity index (χ1n) is 6.05. The SMILES string of the molecule is CN(C)C(c1ccc2oc(=O)[nH]c2c1)C(C)(C)C#N. The highest BCUT2D eigenvalue weighted by molar-refractivity contribution is 5.73. The minimum atomic E-state index is -0.540. The molecular formula is C14H17N3O2. The zero-order valence-electron chi connectivity index (χ0n) is 11.5. The lowest BCUT2D eigenvalue weighted by Gasteiger charge is -2.34. The largest absolute Gasteiger partial charge is 0.417 e. The summed E-state index contributed by atoms with van der Waals surface area (Å²) in [6, 6.07) is 7.78. The summed E-state index contributed by atoms with van der Waals surface area (Å²) < 4.78 is 4.99. The Labute approximate surface area is 111 Å². The maximum atomic E-state index is 11.2. The molecule has 1 aromatic heterocycles. The van der Waals surface area contributed by atoms with Gasteiger partial charge in [0.05, 0.1) is 23.0 Å². The Morgan fingerprint density at radius 3 is 2.68 bits per heavy atom. The predicted octanol–water partition coefficient (Wildman–Crippen LogP) is 2.27. The molecule has 0 aliphatic rings. The molecule has 2 aromatic rings. The van der Waals surface area contributed by atoms with Gasteiger partial charge in [-0.25, -0.2) is 4.79 Å². The van der Waals surface area contributed by atoms with Crippen molar-refractivity contribution in [3.8, 4) is 6.07 Å². The number of oxazole rings is 1. The second-order valence-corrected chi connectivity index (χ2v) is 5.47. The van der Waals surface area contributed by atoms with Crippen LogP contribution < -0.4 is 5.76 Å². The van der Waals surface area contributed by atoms with Crippen molar-refractivity contribution in [1.82, 2.24) is 9.88 Å². The summed E-state index contributed by atoms with van der Waals surface area (Å²) in [7, 11) is 3.87. The number of hydrogen-bond donors (Lipinski definition) is 1. The molecule has 0 bridgehead atoms. The van der Waals surface area contributed by atoms with Crippen LogP contribution in [0.25, 0.3) is 11.1 Å². The van der Waals surface area contributed by atoms with Gasteiger partial charge in [0.2, 0.25) is 0 Å². The number of fused-ring (bicyclic) bond motifs is 1. The molecule has 5 heteroatoms. The first kappa shape index (κ1) is 13.4. The lowest BCUT2D eigenvalue weighted by Crippen LogP contribution is -2.32. The normalized spacial score (nSPS) is 13.7. The third-order valence-corrected chi connectivity index (χ3v) is 3.25. The van der Waals surface area contributed by atoms with Crippen molar-refractivity contribution in [3.05, 3.63) is 34.3 Å². The third-order valence-electron chi connectivity index (χ3n) is 3.25. The molecule has 0 aliphatic carbocycles. The first-order chi connectivity index (χ1) is 8.85. The van der Waals surface area contributed by atoms with E-state index in [0.717, 1.165) is 5.56 Å². The molecule has 19 heavy (non-hydrogen) atoms. The van der Waals surface area contributed by atoms with Crippen LogP contribution in [0.4, 0.5) is 0 Å². The molecular weight excluding hydrogens is 242 g/mol. The molecule has 1 unspecified atom stereocenters. The molecule has 0 aliphatic heterocycles. The van der Waals surface area contributed by atoms with Crippen molar-refractivity contribution in [2.45, 2.75) is 19.9 Å². The van der Waals surface area contributed by atoms with Gasteiger partial charge in [0.15, 0.2) is 5.58 Å². The number of aromatic amines is 1. The Bertz CT molecular complexity index is 689. The summed E-state index contributed by atoms with van der Waals surface area (Å²) in [5, 5.41) is 9.34. The van der Waals surface area contributed by atoms with E-state index in [1.807, 2.05) is 45.0 Å². The van der Waals surface area contributed by atoms with Crippen LogP contribution in [-0.4, -0.2) is 24.0 Å². The molecule has 0 saturated heterocycles. The summed E-state index contributed by atoms with van der Waals surface area (Å²) in [4.78, 5) is 15.8. The Morgan fingerprint density at radius 1 is 1.42 bits per heavy atom. The summed E-state index contributed by atoms with van der Waals surface area (Å²) in [6.07, 6.45) is 0. The van der Waals surface area contributed by atoms with Gasteiger partial charge in [0.1, 0.15) is 0 Å². The highest BCUT2D eigenvalue weighted by Crippen LogP contribution is 2.37. The predicted molar refractivity (Wildman–Crippen MR) is 72.7 cm³/mol. The average Bonchev–Trinajstić information content (AvgIpc) is 2.67. The van der Waals surface area contributed by atoms with Crippen molar-refractivity contribution in [1.29, 1.82) is 5.26 Å². The molecule has 1 atom stereocenters. The molecule has 100 valence electrons. The number of aromatic nitrogens is 1. The first-order valence-corrected chi connectivity index (χ1v) is 6.05. The Morgan fingerprint density at radius 2 is 2.11 bits per heavy atom. The molecule has 5 nitrogen and oxygen atoms in total. The van der Waals surface area contributed by atoms with Crippen LogP contribution >= 0.6 is 0 Å². The van der Waals surface area contributed by atoms with Gasteiger partial charge in [0, 0.05) is 0 Å². The number of benzene rings is 1. The average molecular weight is 259 g/mol. The topological polar surface area (TPSA) is 73.0 Å². The summed E-state index contributed by atoms with van der Waals surface area (Å²) >= 11 is 0. The summed E-state index contributed by atoms with van der Waals surface area (Å²) in [5.74, 6) is -0.465. The second kappa shape index (κ2) is 4.56. The van der Waals surface area contributed by atoms with Crippen molar-refractivity contribution in [2.75, 3.05) is 14.1 Å². The molecule has 1 aromatic carbocycles. The molecule has 0 spiro atoms. The number of rotatable bonds is 3. The maximum Gasteiger partial charge on any atom is 0.417 e. The van der Waals surface area contributed by atoms with Crippen LogP contribution in [0.15, 0.2) is 27.4 Å². The summed E-state index contributed by atoms with van der Waals surface area (Å²) in [5.41, 5.74) is 1.62. The van der Waals surface area contributed by atoms with Gasteiger partial charge >= 0.3 is 5.76 Å². The molecule has 1 N–H and O–H groups in total. The van der Waals surface area contributed by atoms with Gasteiger partial charge in [0.25, 0.3) is 0 Å². The van der Waals surface area contributed by atoms with Gasteiger partial charge < -0.3 is 9.32 Å². The quantitative estimate of drug-likeness (QED) is 0.917. The Balaban J connectivity index is 2.57. The highest BCUT2D eigenvalue weighted by Gasteiger charge is 2.32. The summed E-state index contributed by atoms with van der Waals surface area (Å²) in [6.45, 7) is 3.81. The molecule has 0 saturated carbocycles. The molecule has 0 radical (unpaired) electrons. The monoisotopic (exact) mass is 259 g/mol. The minimum absolute atomic E-state index is 0.0692. The van der Waals surface area contributed by atoms with E-state index in [-0.39, 0.29) is 6.04 Å². The lowest BCUT2D eigenvalue weighted by molar-refractivity contribution is 0.185. The van der Waals surface area contributed by atoms with E-state index in [4.69, 9.17) is 4.42 Å².